The molecule has 170 valence electrons. The standard InChI is InChI=1S/C18H26N6O7/c1-9(22-16(28)11(19)6-14(25)26)15(27)23-12(5-10-7-20-8-21-10)17(29)24-4-2-3-13(24)18(30)31/h7-9,11-13H,2-6,19H2,1H3,(H,20,21)(H,22,28)(H,23,27)(H,25,26)(H,30,31). The number of carbonyl (C=O) groups is 5. The fourth-order valence-electron chi connectivity index (χ4n) is 3.27. The lowest BCUT2D eigenvalue weighted by Gasteiger charge is -2.28. The van der Waals surface area contributed by atoms with E-state index >= 15 is 0 Å². The molecule has 2 heterocycles. The van der Waals surface area contributed by atoms with E-state index in [1.54, 1.807) is 0 Å². The molecule has 0 aliphatic carbocycles. The number of aromatic amines is 1. The van der Waals surface area contributed by atoms with E-state index in [1.165, 1.54) is 24.3 Å². The van der Waals surface area contributed by atoms with E-state index in [2.05, 4.69) is 20.6 Å². The minimum Gasteiger partial charge on any atom is -0.481 e. The SMILES string of the molecule is CC(NC(=O)C(N)CC(=O)O)C(=O)NC(Cc1cnc[nH]1)C(=O)N1CCCC1C(=O)O. The van der Waals surface area contributed by atoms with Crippen LogP contribution in [-0.4, -0.2) is 85.5 Å². The second-order valence-corrected chi connectivity index (χ2v) is 7.30. The number of amides is 3. The molecule has 13 nitrogen and oxygen atoms in total. The second kappa shape index (κ2) is 10.5. The predicted molar refractivity (Wildman–Crippen MR) is 104 cm³/mol. The van der Waals surface area contributed by atoms with E-state index < -0.39 is 60.2 Å². The van der Waals surface area contributed by atoms with Crippen LogP contribution in [0.15, 0.2) is 12.5 Å². The van der Waals surface area contributed by atoms with Gasteiger partial charge in [-0.2, -0.15) is 0 Å². The Morgan fingerprint density at radius 3 is 2.55 bits per heavy atom. The molecule has 2 rings (SSSR count). The molecule has 1 aromatic heterocycles. The summed E-state index contributed by atoms with van der Waals surface area (Å²) in [6, 6.07) is -4.52. The lowest BCUT2D eigenvalue weighted by Crippen LogP contribution is -2.57. The Bertz CT molecular complexity index is 827. The Balaban J connectivity index is 2.08. The molecule has 0 bridgehead atoms. The smallest absolute Gasteiger partial charge is 0.326 e. The first-order valence-corrected chi connectivity index (χ1v) is 9.68. The number of hydrogen-bond donors (Lipinski definition) is 6. The minimum atomic E-state index is -1.34. The molecule has 1 aromatic rings. The third-order valence-corrected chi connectivity index (χ3v) is 4.90. The molecule has 1 aliphatic heterocycles. The van der Waals surface area contributed by atoms with E-state index in [0.717, 1.165) is 0 Å². The van der Waals surface area contributed by atoms with Crippen molar-refractivity contribution in [1.29, 1.82) is 0 Å². The average Bonchev–Trinajstić information content (AvgIpc) is 3.38. The van der Waals surface area contributed by atoms with Crippen LogP contribution in [0.4, 0.5) is 0 Å². The highest BCUT2D eigenvalue weighted by Crippen LogP contribution is 2.19. The number of nitrogens with one attached hydrogen (secondary N) is 3. The van der Waals surface area contributed by atoms with Gasteiger partial charge in [0.1, 0.15) is 18.1 Å². The number of H-pyrrole nitrogens is 1. The highest BCUT2D eigenvalue weighted by molar-refractivity contribution is 5.94. The summed E-state index contributed by atoms with van der Waals surface area (Å²) < 4.78 is 0. The monoisotopic (exact) mass is 438 g/mol. The van der Waals surface area contributed by atoms with E-state index in [9.17, 15) is 29.1 Å². The summed E-state index contributed by atoms with van der Waals surface area (Å²) in [5.41, 5.74) is 6.03. The number of aromatic nitrogens is 2. The van der Waals surface area contributed by atoms with Crippen molar-refractivity contribution < 1.29 is 34.2 Å². The highest BCUT2D eigenvalue weighted by atomic mass is 16.4. The summed E-state index contributed by atoms with van der Waals surface area (Å²) in [4.78, 5) is 67.6. The predicted octanol–water partition coefficient (Wildman–Crippen LogP) is -2.18. The summed E-state index contributed by atoms with van der Waals surface area (Å²) >= 11 is 0. The third kappa shape index (κ3) is 6.50. The zero-order chi connectivity index (χ0) is 23.1. The number of rotatable bonds is 10. The van der Waals surface area contributed by atoms with Crippen molar-refractivity contribution in [2.45, 2.75) is 56.8 Å². The molecule has 1 aliphatic rings. The molecule has 31 heavy (non-hydrogen) atoms. The summed E-state index contributed by atoms with van der Waals surface area (Å²) in [6.07, 6.45) is 3.16. The molecule has 0 saturated carbocycles. The maximum atomic E-state index is 13.0. The fraction of sp³-hybridized carbons (Fsp3) is 0.556. The zero-order valence-electron chi connectivity index (χ0n) is 16.9. The third-order valence-electron chi connectivity index (χ3n) is 4.90. The molecule has 0 spiro atoms. The summed E-state index contributed by atoms with van der Waals surface area (Å²) in [5, 5.41) is 22.9. The Labute approximate surface area is 177 Å². The normalized spacial score (nSPS) is 18.6. The molecule has 1 fully saturated rings. The number of hydrogen-bond acceptors (Lipinski definition) is 7. The zero-order valence-corrected chi connectivity index (χ0v) is 16.9. The average molecular weight is 438 g/mol. The van der Waals surface area contributed by atoms with Crippen molar-refractivity contribution in [3.05, 3.63) is 18.2 Å². The van der Waals surface area contributed by atoms with Gasteiger partial charge in [-0.25, -0.2) is 9.78 Å². The highest BCUT2D eigenvalue weighted by Gasteiger charge is 2.38. The molecule has 4 unspecified atom stereocenters. The van der Waals surface area contributed by atoms with Crippen molar-refractivity contribution in [1.82, 2.24) is 25.5 Å². The van der Waals surface area contributed by atoms with Gasteiger partial charge in [-0.15, -0.1) is 0 Å². The number of carboxylic acid groups (broad SMARTS) is 2. The van der Waals surface area contributed by atoms with Crippen LogP contribution in [0.5, 0.6) is 0 Å². The van der Waals surface area contributed by atoms with Crippen LogP contribution in [0, 0.1) is 0 Å². The van der Waals surface area contributed by atoms with Gasteiger partial charge in [-0.05, 0) is 19.8 Å². The van der Waals surface area contributed by atoms with Crippen LogP contribution in [-0.2, 0) is 30.4 Å². The van der Waals surface area contributed by atoms with Gasteiger partial charge in [0.25, 0.3) is 0 Å². The second-order valence-electron chi connectivity index (χ2n) is 7.30. The Morgan fingerprint density at radius 2 is 1.97 bits per heavy atom. The molecule has 1 saturated heterocycles. The first kappa shape index (κ1) is 23.8. The van der Waals surface area contributed by atoms with E-state index in [4.69, 9.17) is 10.8 Å². The summed E-state index contributed by atoms with van der Waals surface area (Å²) in [6.45, 7) is 1.61. The van der Waals surface area contributed by atoms with Crippen LogP contribution >= 0.6 is 0 Å². The maximum absolute atomic E-state index is 13.0. The number of nitrogens with two attached hydrogens (primary N) is 1. The van der Waals surface area contributed by atoms with Gasteiger partial charge in [-0.1, -0.05) is 0 Å². The minimum absolute atomic E-state index is 0.0343. The van der Waals surface area contributed by atoms with Crippen molar-refractivity contribution >= 4 is 29.7 Å². The van der Waals surface area contributed by atoms with Gasteiger partial charge in [0.15, 0.2) is 0 Å². The van der Waals surface area contributed by atoms with E-state index in [1.807, 2.05) is 0 Å². The molecular formula is C18H26N6O7. The van der Waals surface area contributed by atoms with Gasteiger partial charge in [0, 0.05) is 24.9 Å². The largest absolute Gasteiger partial charge is 0.481 e. The van der Waals surface area contributed by atoms with Crippen molar-refractivity contribution in [2.24, 2.45) is 5.73 Å². The lowest BCUT2D eigenvalue weighted by atomic mass is 10.1. The molecular weight excluding hydrogens is 412 g/mol. The topological polar surface area (TPSA) is 208 Å². The van der Waals surface area contributed by atoms with Crippen LogP contribution in [0.1, 0.15) is 31.9 Å². The Hall–Kier alpha value is -3.48. The van der Waals surface area contributed by atoms with Crippen molar-refractivity contribution in [2.75, 3.05) is 6.54 Å². The number of likely N-dealkylation sites (tertiary alicyclic amines) is 1. The van der Waals surface area contributed by atoms with Gasteiger partial charge < -0.3 is 36.5 Å². The Morgan fingerprint density at radius 1 is 1.26 bits per heavy atom. The van der Waals surface area contributed by atoms with Gasteiger partial charge in [0.2, 0.25) is 17.7 Å². The molecule has 13 heteroatoms. The molecule has 4 atom stereocenters. The number of imidazole rings is 1. The number of nitrogens with zero attached hydrogens (tertiary/aromatic N) is 2. The quantitative estimate of drug-likeness (QED) is 0.234. The first-order valence-electron chi connectivity index (χ1n) is 9.68. The maximum Gasteiger partial charge on any atom is 0.326 e. The number of carboxylic acids is 2. The Kier molecular flexibility index (Phi) is 8.07. The molecule has 7 N–H and O–H groups in total. The van der Waals surface area contributed by atoms with Crippen molar-refractivity contribution in [3.8, 4) is 0 Å². The van der Waals surface area contributed by atoms with Crippen LogP contribution < -0.4 is 16.4 Å². The number of aliphatic carboxylic acids is 2. The van der Waals surface area contributed by atoms with Gasteiger partial charge >= 0.3 is 11.9 Å². The van der Waals surface area contributed by atoms with Crippen LogP contribution in [0.2, 0.25) is 0 Å². The fourth-order valence-corrected chi connectivity index (χ4v) is 3.27. The van der Waals surface area contributed by atoms with Crippen LogP contribution in [0.25, 0.3) is 0 Å². The lowest BCUT2D eigenvalue weighted by molar-refractivity contribution is -0.149. The van der Waals surface area contributed by atoms with Crippen molar-refractivity contribution in [3.63, 3.8) is 0 Å². The summed E-state index contributed by atoms with van der Waals surface area (Å²) in [5.74, 6) is -4.48. The molecule has 0 aromatic carbocycles. The van der Waals surface area contributed by atoms with Crippen LogP contribution in [0.3, 0.4) is 0 Å². The first-order chi connectivity index (χ1) is 14.6. The van der Waals surface area contributed by atoms with Gasteiger partial charge in [0.05, 0.1) is 18.8 Å². The number of carbonyl (C=O) groups excluding carboxylic acids is 3. The molecule has 0 radical (unpaired) electrons. The summed E-state index contributed by atoms with van der Waals surface area (Å²) in [7, 11) is 0. The van der Waals surface area contributed by atoms with E-state index in [-0.39, 0.29) is 13.0 Å². The van der Waals surface area contributed by atoms with E-state index in [0.29, 0.717) is 18.5 Å². The molecule has 3 amide bonds. The van der Waals surface area contributed by atoms with Gasteiger partial charge in [-0.3, -0.25) is 19.2 Å².